The lowest BCUT2D eigenvalue weighted by atomic mass is 9.99. The summed E-state index contributed by atoms with van der Waals surface area (Å²) in [7, 11) is 1.64. The number of rotatable bonds is 9. The van der Waals surface area contributed by atoms with Crippen LogP contribution in [-0.2, 0) is 11.2 Å². The van der Waals surface area contributed by atoms with E-state index >= 15 is 0 Å². The summed E-state index contributed by atoms with van der Waals surface area (Å²) in [5.74, 6) is 0.939. The molecule has 1 N–H and O–H groups in total. The Morgan fingerprint density at radius 2 is 1.91 bits per heavy atom. The summed E-state index contributed by atoms with van der Waals surface area (Å²) in [6.07, 6.45) is 3.91. The maximum atomic E-state index is 13.1. The van der Waals surface area contributed by atoms with E-state index in [9.17, 15) is 9.18 Å². The molecular weight excluding hydrogens is 445 g/mol. The average Bonchev–Trinajstić information content (AvgIpc) is 3.28. The Morgan fingerprint density at radius 1 is 1.11 bits per heavy atom. The number of methoxy groups -OCH3 is 1. The van der Waals surface area contributed by atoms with Gasteiger partial charge in [0.15, 0.2) is 0 Å². The van der Waals surface area contributed by atoms with Crippen LogP contribution in [0.5, 0.6) is 11.5 Å². The van der Waals surface area contributed by atoms with Crippen LogP contribution in [0.2, 0.25) is 0 Å². The highest BCUT2D eigenvalue weighted by atomic mass is 19.1. The lowest BCUT2D eigenvalue weighted by molar-refractivity contribution is -0.116. The lowest BCUT2D eigenvalue weighted by Crippen LogP contribution is -2.23. The van der Waals surface area contributed by atoms with Gasteiger partial charge >= 0.3 is 0 Å². The lowest BCUT2D eigenvalue weighted by Gasteiger charge is -2.12. The van der Waals surface area contributed by atoms with Crippen molar-refractivity contribution in [3.63, 3.8) is 0 Å². The van der Waals surface area contributed by atoms with Gasteiger partial charge in [0.05, 0.1) is 20.0 Å². The molecule has 0 aliphatic heterocycles. The van der Waals surface area contributed by atoms with Crippen LogP contribution in [-0.4, -0.2) is 26.2 Å². The second kappa shape index (κ2) is 10.9. The van der Waals surface area contributed by atoms with Gasteiger partial charge in [-0.1, -0.05) is 24.3 Å². The SMILES string of the molecule is CCOc1cc2occ(-c3cccc(OC)c3)c2cc1/C(C)=C/C(=O)NCCc1ccc(F)cc1. The molecule has 4 aromatic rings. The summed E-state index contributed by atoms with van der Waals surface area (Å²) in [4.78, 5) is 12.6. The van der Waals surface area contributed by atoms with E-state index in [1.54, 1.807) is 31.6 Å². The molecule has 0 bridgehead atoms. The molecule has 0 saturated carbocycles. The Kier molecular flexibility index (Phi) is 7.51. The standard InChI is InChI=1S/C29H28FNO4/c1-4-34-27-17-28-25(26(18-35-28)21-6-5-7-23(15-21)33-3)16-24(27)19(2)14-29(32)31-13-12-20-8-10-22(30)11-9-20/h5-11,14-18H,4,12-13H2,1-3H3,(H,31,32)/b19-14+. The molecule has 0 radical (unpaired) electrons. The molecule has 1 heterocycles. The van der Waals surface area contributed by atoms with Crippen molar-refractivity contribution in [2.75, 3.05) is 20.3 Å². The molecule has 0 aliphatic carbocycles. The molecule has 0 aliphatic rings. The molecule has 1 amide bonds. The fourth-order valence-corrected chi connectivity index (χ4v) is 3.96. The molecule has 180 valence electrons. The summed E-state index contributed by atoms with van der Waals surface area (Å²) in [6, 6.07) is 17.9. The van der Waals surface area contributed by atoms with Gasteiger partial charge in [-0.3, -0.25) is 4.79 Å². The smallest absolute Gasteiger partial charge is 0.244 e. The van der Waals surface area contributed by atoms with Crippen LogP contribution in [0.3, 0.4) is 0 Å². The van der Waals surface area contributed by atoms with Crippen molar-refractivity contribution < 1.29 is 23.1 Å². The minimum atomic E-state index is -0.273. The predicted octanol–water partition coefficient (Wildman–Crippen LogP) is 6.41. The van der Waals surface area contributed by atoms with Gasteiger partial charge in [-0.05, 0) is 67.3 Å². The van der Waals surface area contributed by atoms with Gasteiger partial charge in [-0.2, -0.15) is 0 Å². The van der Waals surface area contributed by atoms with Crippen molar-refractivity contribution in [3.05, 3.63) is 89.9 Å². The largest absolute Gasteiger partial charge is 0.497 e. The third-order valence-electron chi connectivity index (χ3n) is 5.75. The quantitative estimate of drug-likeness (QED) is 0.286. The Labute approximate surface area is 204 Å². The monoisotopic (exact) mass is 473 g/mol. The van der Waals surface area contributed by atoms with Crippen LogP contribution < -0.4 is 14.8 Å². The molecule has 5 nitrogen and oxygen atoms in total. The zero-order valence-corrected chi connectivity index (χ0v) is 20.1. The Balaban J connectivity index is 1.59. The first-order valence-electron chi connectivity index (χ1n) is 11.5. The summed E-state index contributed by atoms with van der Waals surface area (Å²) < 4.78 is 30.1. The zero-order valence-electron chi connectivity index (χ0n) is 20.1. The van der Waals surface area contributed by atoms with Gasteiger partial charge in [0.1, 0.15) is 22.9 Å². The highest BCUT2D eigenvalue weighted by Crippen LogP contribution is 2.38. The maximum absolute atomic E-state index is 13.1. The van der Waals surface area contributed by atoms with Gasteiger partial charge in [0.25, 0.3) is 0 Å². The van der Waals surface area contributed by atoms with Crippen LogP contribution in [0.25, 0.3) is 27.7 Å². The Hall–Kier alpha value is -4.06. The van der Waals surface area contributed by atoms with E-state index in [0.717, 1.165) is 39.0 Å². The number of amides is 1. The van der Waals surface area contributed by atoms with E-state index in [1.165, 1.54) is 12.1 Å². The number of nitrogens with one attached hydrogen (secondary N) is 1. The molecule has 0 atom stereocenters. The zero-order chi connectivity index (χ0) is 24.8. The molecule has 0 saturated heterocycles. The van der Waals surface area contributed by atoms with Gasteiger partial charge < -0.3 is 19.2 Å². The van der Waals surface area contributed by atoms with Crippen LogP contribution in [0, 0.1) is 5.82 Å². The summed E-state index contributed by atoms with van der Waals surface area (Å²) in [5.41, 5.74) is 5.15. The van der Waals surface area contributed by atoms with Crippen molar-refractivity contribution in [2.24, 2.45) is 0 Å². The van der Waals surface area contributed by atoms with Crippen LogP contribution in [0.1, 0.15) is 25.0 Å². The minimum absolute atomic E-state index is 0.202. The van der Waals surface area contributed by atoms with Gasteiger partial charge in [0, 0.05) is 35.2 Å². The van der Waals surface area contributed by atoms with Crippen molar-refractivity contribution in [2.45, 2.75) is 20.3 Å². The Morgan fingerprint density at radius 3 is 2.66 bits per heavy atom. The van der Waals surface area contributed by atoms with Gasteiger partial charge in [0.2, 0.25) is 5.91 Å². The molecular formula is C29H28FNO4. The molecule has 0 fully saturated rings. The first-order chi connectivity index (χ1) is 17.0. The highest BCUT2D eigenvalue weighted by Gasteiger charge is 2.15. The fraction of sp³-hybridized carbons (Fsp3) is 0.207. The number of hydrogen-bond acceptors (Lipinski definition) is 4. The number of ether oxygens (including phenoxy) is 2. The Bertz CT molecular complexity index is 1360. The molecule has 4 rings (SSSR count). The van der Waals surface area contributed by atoms with Crippen LogP contribution >= 0.6 is 0 Å². The van der Waals surface area contributed by atoms with Crippen LogP contribution in [0.4, 0.5) is 4.39 Å². The second-order valence-electron chi connectivity index (χ2n) is 8.15. The number of benzene rings is 3. The third-order valence-corrected chi connectivity index (χ3v) is 5.75. The maximum Gasteiger partial charge on any atom is 0.244 e. The topological polar surface area (TPSA) is 60.7 Å². The number of hydrogen-bond donors (Lipinski definition) is 1. The van der Waals surface area contributed by atoms with E-state index in [0.29, 0.717) is 30.9 Å². The molecule has 0 unspecified atom stereocenters. The number of carbonyl (C=O) groups excluding carboxylic acids is 1. The average molecular weight is 474 g/mol. The van der Waals surface area contributed by atoms with Crippen LogP contribution in [0.15, 0.2) is 77.4 Å². The normalized spacial score (nSPS) is 11.5. The minimum Gasteiger partial charge on any atom is -0.497 e. The van der Waals surface area contributed by atoms with Crippen molar-refractivity contribution in [1.29, 1.82) is 0 Å². The van der Waals surface area contributed by atoms with E-state index in [-0.39, 0.29) is 11.7 Å². The summed E-state index contributed by atoms with van der Waals surface area (Å²) in [5, 5.41) is 3.82. The highest BCUT2D eigenvalue weighted by molar-refractivity contribution is 6.00. The first-order valence-corrected chi connectivity index (χ1v) is 11.5. The number of furan rings is 1. The van der Waals surface area contributed by atoms with Crippen molar-refractivity contribution in [3.8, 4) is 22.6 Å². The molecule has 3 aromatic carbocycles. The van der Waals surface area contributed by atoms with E-state index in [1.807, 2.05) is 50.2 Å². The number of carbonyl (C=O) groups is 1. The van der Waals surface area contributed by atoms with Gasteiger partial charge in [-0.15, -0.1) is 0 Å². The third kappa shape index (κ3) is 5.72. The molecule has 1 aromatic heterocycles. The molecule has 0 spiro atoms. The van der Waals surface area contributed by atoms with Crippen molar-refractivity contribution >= 4 is 22.4 Å². The molecule has 6 heteroatoms. The van der Waals surface area contributed by atoms with Gasteiger partial charge in [-0.25, -0.2) is 4.39 Å². The fourth-order valence-electron chi connectivity index (χ4n) is 3.96. The second-order valence-corrected chi connectivity index (χ2v) is 8.15. The first kappa shape index (κ1) is 24.1. The molecule has 35 heavy (non-hydrogen) atoms. The predicted molar refractivity (Wildman–Crippen MR) is 136 cm³/mol. The van der Waals surface area contributed by atoms with Crippen molar-refractivity contribution in [1.82, 2.24) is 5.32 Å². The summed E-state index contributed by atoms with van der Waals surface area (Å²) in [6.45, 7) is 4.74. The number of fused-ring (bicyclic) bond motifs is 1. The van der Waals surface area contributed by atoms with E-state index in [2.05, 4.69) is 5.32 Å². The van der Waals surface area contributed by atoms with E-state index < -0.39 is 0 Å². The number of allylic oxidation sites excluding steroid dienone is 1. The summed E-state index contributed by atoms with van der Waals surface area (Å²) >= 11 is 0. The number of halogens is 1. The van der Waals surface area contributed by atoms with E-state index in [4.69, 9.17) is 13.9 Å².